The molecule has 9 nitrogen and oxygen atoms in total. The lowest BCUT2D eigenvalue weighted by atomic mass is 10.0. The smallest absolute Gasteiger partial charge is 0.305 e. The average Bonchev–Trinajstić information content (AvgIpc) is 3.24. The monoisotopic (exact) mass is 848 g/mol. The van der Waals surface area contributed by atoms with Gasteiger partial charge in [0.05, 0.1) is 6.61 Å². The summed E-state index contributed by atoms with van der Waals surface area (Å²) < 4.78 is 10.6. The minimum atomic E-state index is -0.0125. The molecule has 0 aromatic heterocycles. The fourth-order valence-corrected chi connectivity index (χ4v) is 7.54. The van der Waals surface area contributed by atoms with Gasteiger partial charge in [-0.05, 0) is 83.8 Å². The number of ether oxygens (including phenoxy) is 2. The maximum absolute atomic E-state index is 12.0. The SMILES string of the molecule is CCCCCCCCC(CCCCCCCC)OC=O.CCCCCCCCCOC(=O)CCCCCCCN(CCCCCCCC)CCCCN=C(NC#N)N(C)C. The molecule has 0 atom stereocenters. The predicted molar refractivity (Wildman–Crippen MR) is 257 cm³/mol. The van der Waals surface area contributed by atoms with Gasteiger partial charge in [0, 0.05) is 27.1 Å². The van der Waals surface area contributed by atoms with Crippen molar-refractivity contribution in [2.75, 3.05) is 46.9 Å². The normalized spacial score (nSPS) is 11.3. The van der Waals surface area contributed by atoms with Gasteiger partial charge in [0.1, 0.15) is 6.10 Å². The molecule has 0 aromatic carbocycles. The van der Waals surface area contributed by atoms with Crippen molar-refractivity contribution in [2.24, 2.45) is 4.99 Å². The Kier molecular flexibility index (Phi) is 50.8. The molecular formula is C51H101N5O4. The summed E-state index contributed by atoms with van der Waals surface area (Å²) in [4.78, 5) is 31.5. The largest absolute Gasteiger partial charge is 0.466 e. The van der Waals surface area contributed by atoms with Crippen LogP contribution in [0.4, 0.5) is 0 Å². The average molecular weight is 848 g/mol. The second-order valence-corrected chi connectivity index (χ2v) is 17.5. The van der Waals surface area contributed by atoms with Gasteiger partial charge in [0.15, 0.2) is 6.19 Å². The van der Waals surface area contributed by atoms with Crippen molar-refractivity contribution in [3.8, 4) is 6.19 Å². The third-order valence-corrected chi connectivity index (χ3v) is 11.4. The Bertz CT molecular complexity index is 940. The van der Waals surface area contributed by atoms with E-state index >= 15 is 0 Å². The molecule has 9 heteroatoms. The van der Waals surface area contributed by atoms with Gasteiger partial charge in [0.25, 0.3) is 6.47 Å². The van der Waals surface area contributed by atoms with E-state index in [0.717, 1.165) is 64.6 Å². The fourth-order valence-electron chi connectivity index (χ4n) is 7.54. The highest BCUT2D eigenvalue weighted by Gasteiger charge is 2.09. The van der Waals surface area contributed by atoms with Gasteiger partial charge >= 0.3 is 5.97 Å². The zero-order valence-electron chi connectivity index (χ0n) is 40.9. The Morgan fingerprint density at radius 2 is 0.983 bits per heavy atom. The molecule has 0 bridgehead atoms. The first-order chi connectivity index (χ1) is 29.4. The molecule has 0 fully saturated rings. The first-order valence-corrected chi connectivity index (χ1v) is 25.7. The molecule has 0 heterocycles. The Hall–Kier alpha value is -2.34. The van der Waals surface area contributed by atoms with Crippen LogP contribution in [-0.4, -0.2) is 81.2 Å². The summed E-state index contributed by atoms with van der Waals surface area (Å²) >= 11 is 0. The second kappa shape index (κ2) is 51.0. The van der Waals surface area contributed by atoms with Gasteiger partial charge in [-0.3, -0.25) is 19.9 Å². The molecule has 0 aliphatic heterocycles. The maximum Gasteiger partial charge on any atom is 0.305 e. The van der Waals surface area contributed by atoms with E-state index in [2.05, 4.69) is 42.9 Å². The van der Waals surface area contributed by atoms with Crippen molar-refractivity contribution >= 4 is 18.4 Å². The van der Waals surface area contributed by atoms with Gasteiger partial charge in [-0.25, -0.2) is 0 Å². The third kappa shape index (κ3) is 46.7. The number of carbonyl (C=O) groups excluding carboxylic acids is 2. The summed E-state index contributed by atoms with van der Waals surface area (Å²) in [6.45, 7) is 14.5. The molecule has 354 valence electrons. The summed E-state index contributed by atoms with van der Waals surface area (Å²) in [6, 6.07) is 0. The Labute approximate surface area is 373 Å². The van der Waals surface area contributed by atoms with Gasteiger partial charge < -0.3 is 19.3 Å². The number of hydrogen-bond donors (Lipinski definition) is 1. The lowest BCUT2D eigenvalue weighted by Crippen LogP contribution is -2.33. The van der Waals surface area contributed by atoms with Gasteiger partial charge in [0.2, 0.25) is 5.96 Å². The number of guanidine groups is 1. The van der Waals surface area contributed by atoms with Gasteiger partial charge in [-0.2, -0.15) is 5.26 Å². The van der Waals surface area contributed by atoms with Crippen LogP contribution in [0.25, 0.3) is 0 Å². The zero-order valence-corrected chi connectivity index (χ0v) is 40.9. The Balaban J connectivity index is 0. The quantitative estimate of drug-likeness (QED) is 0.0123. The highest BCUT2D eigenvalue weighted by atomic mass is 16.5. The summed E-state index contributed by atoms with van der Waals surface area (Å²) in [7, 11) is 3.80. The van der Waals surface area contributed by atoms with Crippen molar-refractivity contribution in [1.82, 2.24) is 15.1 Å². The first kappa shape index (κ1) is 59.8. The third-order valence-electron chi connectivity index (χ3n) is 11.4. The lowest BCUT2D eigenvalue weighted by molar-refractivity contribution is -0.144. The number of carbonyl (C=O) groups is 2. The molecule has 60 heavy (non-hydrogen) atoms. The molecule has 0 saturated heterocycles. The summed E-state index contributed by atoms with van der Waals surface area (Å²) in [5, 5.41) is 11.5. The highest BCUT2D eigenvalue weighted by molar-refractivity contribution is 5.80. The zero-order chi connectivity index (χ0) is 44.4. The number of aliphatic imine (C=N–C) groups is 1. The number of hydrogen-bond acceptors (Lipinski definition) is 7. The van der Waals surface area contributed by atoms with Crippen molar-refractivity contribution < 1.29 is 19.1 Å². The molecule has 0 radical (unpaired) electrons. The van der Waals surface area contributed by atoms with Gasteiger partial charge in [-0.15, -0.1) is 0 Å². The van der Waals surface area contributed by atoms with Crippen LogP contribution in [0.5, 0.6) is 0 Å². The number of esters is 1. The Morgan fingerprint density at radius 3 is 1.42 bits per heavy atom. The topological polar surface area (TPSA) is 107 Å². The standard InChI is InChI=1S/C33H65N5O2.C18H36O2/c1-5-7-9-11-13-18-24-30-40-32(39)25-19-15-14-17-22-28-38(27-21-16-12-10-8-6-2)29-23-20-26-35-33(36-31-34)37(3)4;1-3-5-7-9-11-13-15-18(20-17-19)16-14-12-10-8-6-4-2/h5-30H2,1-4H3,(H,35,36);17-18H,3-16H2,1-2H3. The molecule has 1 N–H and O–H groups in total. The van der Waals surface area contributed by atoms with E-state index < -0.39 is 0 Å². The van der Waals surface area contributed by atoms with Crippen LogP contribution in [0.15, 0.2) is 4.99 Å². The second-order valence-electron chi connectivity index (χ2n) is 17.5. The Morgan fingerprint density at radius 1 is 0.583 bits per heavy atom. The number of nitrogens with zero attached hydrogens (tertiary/aromatic N) is 4. The molecular weight excluding hydrogens is 747 g/mol. The van der Waals surface area contributed by atoms with E-state index in [1.165, 1.54) is 180 Å². The predicted octanol–water partition coefficient (Wildman–Crippen LogP) is 14.1. The molecule has 0 rings (SSSR count). The van der Waals surface area contributed by atoms with Gasteiger partial charge in [-0.1, -0.05) is 182 Å². The minimum Gasteiger partial charge on any atom is -0.466 e. The minimum absolute atomic E-state index is 0.0125. The lowest BCUT2D eigenvalue weighted by Gasteiger charge is -2.22. The van der Waals surface area contributed by atoms with Crippen LogP contribution in [0.1, 0.15) is 252 Å². The number of nitriles is 1. The molecule has 0 aliphatic carbocycles. The molecule has 0 amide bonds. The number of unbranched alkanes of at least 4 members (excludes halogenated alkanes) is 26. The van der Waals surface area contributed by atoms with Crippen LogP contribution >= 0.6 is 0 Å². The van der Waals surface area contributed by atoms with E-state index in [4.69, 9.17) is 14.7 Å². The van der Waals surface area contributed by atoms with E-state index in [1.54, 1.807) is 0 Å². The number of nitrogens with one attached hydrogen (secondary N) is 1. The van der Waals surface area contributed by atoms with Crippen molar-refractivity contribution in [2.45, 2.75) is 259 Å². The van der Waals surface area contributed by atoms with E-state index in [-0.39, 0.29) is 12.1 Å². The van der Waals surface area contributed by atoms with E-state index in [1.807, 2.05) is 25.2 Å². The highest BCUT2D eigenvalue weighted by Crippen LogP contribution is 2.17. The summed E-state index contributed by atoms with van der Waals surface area (Å²) in [5.74, 6) is 0.620. The van der Waals surface area contributed by atoms with Crippen LogP contribution in [0, 0.1) is 11.5 Å². The van der Waals surface area contributed by atoms with Crippen LogP contribution in [0.2, 0.25) is 0 Å². The summed E-state index contributed by atoms with van der Waals surface area (Å²) in [5.41, 5.74) is 0. The van der Waals surface area contributed by atoms with Crippen LogP contribution in [-0.2, 0) is 19.1 Å². The summed E-state index contributed by atoms with van der Waals surface area (Å²) in [6.07, 6.45) is 45.1. The molecule has 0 spiro atoms. The van der Waals surface area contributed by atoms with Crippen LogP contribution in [0.3, 0.4) is 0 Å². The first-order valence-electron chi connectivity index (χ1n) is 25.7. The molecule has 0 aliphatic rings. The van der Waals surface area contributed by atoms with E-state index in [0.29, 0.717) is 25.5 Å². The van der Waals surface area contributed by atoms with Crippen LogP contribution < -0.4 is 5.32 Å². The molecule has 0 aromatic rings. The van der Waals surface area contributed by atoms with E-state index in [9.17, 15) is 9.59 Å². The fraction of sp³-hybridized carbons (Fsp3) is 0.922. The van der Waals surface area contributed by atoms with Crippen molar-refractivity contribution in [1.29, 1.82) is 5.26 Å². The van der Waals surface area contributed by atoms with Crippen molar-refractivity contribution in [3.63, 3.8) is 0 Å². The molecule has 0 unspecified atom stereocenters. The maximum atomic E-state index is 12.0. The number of rotatable bonds is 44. The molecule has 0 saturated carbocycles. The van der Waals surface area contributed by atoms with Crippen molar-refractivity contribution in [3.05, 3.63) is 0 Å².